The fourth-order valence-electron chi connectivity index (χ4n) is 4.06. The molecule has 3 heterocycles. The van der Waals surface area contributed by atoms with Crippen molar-refractivity contribution in [3.05, 3.63) is 66.1 Å². The molecule has 0 bridgehead atoms. The van der Waals surface area contributed by atoms with E-state index in [-0.39, 0.29) is 18.3 Å². The molecule has 7 heteroatoms. The molecule has 154 valence electrons. The predicted molar refractivity (Wildman–Crippen MR) is 110 cm³/mol. The second kappa shape index (κ2) is 7.91. The van der Waals surface area contributed by atoms with E-state index in [2.05, 4.69) is 9.88 Å². The molecule has 0 N–H and O–H groups in total. The van der Waals surface area contributed by atoms with Gasteiger partial charge in [0.15, 0.2) is 11.5 Å². The monoisotopic (exact) mass is 407 g/mol. The number of carbonyl (C=O) groups excluding carboxylic acids is 1. The van der Waals surface area contributed by atoms with E-state index in [4.69, 9.17) is 9.47 Å². The Hall–Kier alpha value is -3.19. The molecule has 1 amide bonds. The van der Waals surface area contributed by atoms with Crippen molar-refractivity contribution < 1.29 is 18.7 Å². The highest BCUT2D eigenvalue weighted by Crippen LogP contribution is 2.31. The third-order valence-electron chi connectivity index (χ3n) is 5.61. The molecule has 0 radical (unpaired) electrons. The number of hydrogen-bond acceptors (Lipinski definition) is 5. The first-order valence-corrected chi connectivity index (χ1v) is 10.1. The van der Waals surface area contributed by atoms with Crippen molar-refractivity contribution in [2.75, 3.05) is 32.8 Å². The number of para-hydroxylation sites is 2. The smallest absolute Gasteiger partial charge is 0.267 e. The fraction of sp³-hybridized carbons (Fsp3) is 0.304. The van der Waals surface area contributed by atoms with Crippen molar-refractivity contribution in [2.45, 2.75) is 12.6 Å². The van der Waals surface area contributed by atoms with Crippen LogP contribution < -0.4 is 9.47 Å². The van der Waals surface area contributed by atoms with Crippen molar-refractivity contribution in [2.24, 2.45) is 0 Å². The lowest BCUT2D eigenvalue weighted by Crippen LogP contribution is -2.53. The Labute approximate surface area is 173 Å². The van der Waals surface area contributed by atoms with E-state index >= 15 is 0 Å². The highest BCUT2D eigenvalue weighted by molar-refractivity contribution is 5.82. The van der Waals surface area contributed by atoms with Crippen LogP contribution in [-0.4, -0.2) is 59.6 Å². The molecule has 0 saturated carbocycles. The molecule has 0 unspecified atom stereocenters. The van der Waals surface area contributed by atoms with Crippen LogP contribution in [0.4, 0.5) is 4.39 Å². The van der Waals surface area contributed by atoms with Gasteiger partial charge in [-0.15, -0.1) is 0 Å². The zero-order chi connectivity index (χ0) is 20.5. The van der Waals surface area contributed by atoms with Gasteiger partial charge in [0.25, 0.3) is 5.91 Å². The minimum absolute atomic E-state index is 0.0537. The number of aromatic nitrogens is 1. The highest BCUT2D eigenvalue weighted by Gasteiger charge is 2.32. The molecule has 0 spiro atoms. The van der Waals surface area contributed by atoms with Crippen molar-refractivity contribution in [3.8, 4) is 11.5 Å². The molecule has 1 atom stereocenters. The molecule has 0 aliphatic carbocycles. The number of amides is 1. The third kappa shape index (κ3) is 3.68. The van der Waals surface area contributed by atoms with Crippen LogP contribution in [-0.2, 0) is 11.3 Å². The van der Waals surface area contributed by atoms with E-state index < -0.39 is 6.10 Å². The number of carbonyl (C=O) groups is 1. The van der Waals surface area contributed by atoms with Crippen LogP contribution in [0, 0.1) is 5.82 Å². The normalized spacial score (nSPS) is 19.1. The maximum absolute atomic E-state index is 14.0. The van der Waals surface area contributed by atoms with Gasteiger partial charge in [0.1, 0.15) is 12.4 Å². The molecule has 2 aliphatic heterocycles. The first-order valence-electron chi connectivity index (χ1n) is 10.1. The Balaban J connectivity index is 1.22. The maximum atomic E-state index is 14.0. The second-order valence-electron chi connectivity index (χ2n) is 7.61. The molecule has 3 aromatic rings. The zero-order valence-electron chi connectivity index (χ0n) is 16.5. The minimum Gasteiger partial charge on any atom is -0.485 e. The van der Waals surface area contributed by atoms with Crippen LogP contribution in [0.1, 0.15) is 5.56 Å². The zero-order valence-corrected chi connectivity index (χ0v) is 16.5. The van der Waals surface area contributed by atoms with Crippen LogP contribution in [0.2, 0.25) is 0 Å². The quantitative estimate of drug-likeness (QED) is 0.668. The van der Waals surface area contributed by atoms with E-state index in [9.17, 15) is 9.18 Å². The molecule has 1 fully saturated rings. The Kier molecular flexibility index (Phi) is 4.96. The standard InChI is InChI=1S/C23H22FN3O3/c24-18-12-16-4-3-7-25-22(16)17(13-18)14-26-8-10-27(11-9-26)23(28)21-15-29-19-5-1-2-6-20(19)30-21/h1-7,12-13,21H,8-11,14-15H2/t21-/m1/s1. The van der Waals surface area contributed by atoms with Crippen molar-refractivity contribution >= 4 is 16.8 Å². The van der Waals surface area contributed by atoms with Gasteiger partial charge in [-0.25, -0.2) is 4.39 Å². The summed E-state index contributed by atoms with van der Waals surface area (Å²) < 4.78 is 25.5. The number of piperazine rings is 1. The lowest BCUT2D eigenvalue weighted by molar-refractivity contribution is -0.143. The molecule has 1 saturated heterocycles. The first kappa shape index (κ1) is 18.8. The average molecular weight is 407 g/mol. The average Bonchev–Trinajstić information content (AvgIpc) is 2.78. The molecule has 1 aromatic heterocycles. The number of hydrogen-bond donors (Lipinski definition) is 0. The van der Waals surface area contributed by atoms with E-state index in [0.717, 1.165) is 16.5 Å². The van der Waals surface area contributed by atoms with E-state index in [0.29, 0.717) is 44.2 Å². The summed E-state index contributed by atoms with van der Waals surface area (Å²) in [6.07, 6.45) is 1.10. The Morgan fingerprint density at radius 1 is 1.07 bits per heavy atom. The molecular formula is C23H22FN3O3. The Morgan fingerprint density at radius 3 is 2.70 bits per heavy atom. The summed E-state index contributed by atoms with van der Waals surface area (Å²) >= 11 is 0. The lowest BCUT2D eigenvalue weighted by atomic mass is 10.1. The topological polar surface area (TPSA) is 54.9 Å². The summed E-state index contributed by atoms with van der Waals surface area (Å²) in [6.45, 7) is 3.43. The maximum Gasteiger partial charge on any atom is 0.267 e. The molecule has 30 heavy (non-hydrogen) atoms. The largest absolute Gasteiger partial charge is 0.485 e. The van der Waals surface area contributed by atoms with Crippen molar-refractivity contribution in [1.82, 2.24) is 14.8 Å². The molecule has 2 aromatic carbocycles. The number of benzene rings is 2. The minimum atomic E-state index is -0.622. The summed E-state index contributed by atoms with van der Waals surface area (Å²) in [7, 11) is 0. The van der Waals surface area contributed by atoms with Crippen molar-refractivity contribution in [3.63, 3.8) is 0 Å². The van der Waals surface area contributed by atoms with E-state index in [1.165, 1.54) is 6.07 Å². The lowest BCUT2D eigenvalue weighted by Gasteiger charge is -2.37. The summed E-state index contributed by atoms with van der Waals surface area (Å²) in [5, 5.41) is 0.802. The second-order valence-corrected chi connectivity index (χ2v) is 7.61. The van der Waals surface area contributed by atoms with Gasteiger partial charge in [-0.05, 0) is 35.9 Å². The molecular weight excluding hydrogens is 385 g/mol. The van der Waals surface area contributed by atoms with Crippen LogP contribution in [0.5, 0.6) is 11.5 Å². The van der Waals surface area contributed by atoms with Gasteiger partial charge in [0, 0.05) is 44.3 Å². The Bertz CT molecular complexity index is 1080. The number of halogens is 1. The van der Waals surface area contributed by atoms with Gasteiger partial charge in [-0.1, -0.05) is 18.2 Å². The molecule has 6 nitrogen and oxygen atoms in total. The van der Waals surface area contributed by atoms with Gasteiger partial charge in [-0.3, -0.25) is 14.7 Å². The van der Waals surface area contributed by atoms with Gasteiger partial charge in [0.2, 0.25) is 6.10 Å². The van der Waals surface area contributed by atoms with Gasteiger partial charge >= 0.3 is 0 Å². The van der Waals surface area contributed by atoms with Crippen LogP contribution >= 0.6 is 0 Å². The summed E-state index contributed by atoms with van der Waals surface area (Å²) in [5.74, 6) is 0.963. The molecule has 5 rings (SSSR count). The number of nitrogens with zero attached hydrogens (tertiary/aromatic N) is 3. The Morgan fingerprint density at radius 2 is 1.87 bits per heavy atom. The number of fused-ring (bicyclic) bond motifs is 2. The van der Waals surface area contributed by atoms with E-state index in [1.54, 1.807) is 12.3 Å². The van der Waals surface area contributed by atoms with Gasteiger partial charge < -0.3 is 14.4 Å². The van der Waals surface area contributed by atoms with Crippen molar-refractivity contribution in [1.29, 1.82) is 0 Å². The van der Waals surface area contributed by atoms with Gasteiger partial charge in [-0.2, -0.15) is 0 Å². The van der Waals surface area contributed by atoms with E-state index in [1.807, 2.05) is 41.3 Å². The predicted octanol–water partition coefficient (Wildman–Crippen LogP) is 2.86. The number of pyridine rings is 1. The first-order chi connectivity index (χ1) is 14.7. The highest BCUT2D eigenvalue weighted by atomic mass is 19.1. The van der Waals surface area contributed by atoms with Gasteiger partial charge in [0.05, 0.1) is 5.52 Å². The third-order valence-corrected chi connectivity index (χ3v) is 5.61. The molecule has 2 aliphatic rings. The fourth-order valence-corrected chi connectivity index (χ4v) is 4.06. The summed E-state index contributed by atoms with van der Waals surface area (Å²) in [6, 6.07) is 14.1. The summed E-state index contributed by atoms with van der Waals surface area (Å²) in [4.78, 5) is 21.4. The number of ether oxygens (including phenoxy) is 2. The van der Waals surface area contributed by atoms with Crippen LogP contribution in [0.25, 0.3) is 10.9 Å². The summed E-state index contributed by atoms with van der Waals surface area (Å²) in [5.41, 5.74) is 1.69. The number of rotatable bonds is 3. The van der Waals surface area contributed by atoms with Crippen LogP contribution in [0.3, 0.4) is 0 Å². The SMILES string of the molecule is O=C([C@H]1COc2ccccc2O1)N1CCN(Cc2cc(F)cc3cccnc23)CC1. The van der Waals surface area contributed by atoms with Crippen LogP contribution in [0.15, 0.2) is 54.7 Å².